The van der Waals surface area contributed by atoms with Gasteiger partial charge < -0.3 is 15.0 Å². The molecule has 0 aliphatic heterocycles. The van der Waals surface area contributed by atoms with Crippen LogP contribution in [0.4, 0.5) is 0 Å². The lowest BCUT2D eigenvalue weighted by Gasteiger charge is -2.10. The van der Waals surface area contributed by atoms with Gasteiger partial charge in [0.05, 0.1) is 11.9 Å². The molecule has 0 aliphatic carbocycles. The molecule has 2 N–H and O–H groups in total. The van der Waals surface area contributed by atoms with E-state index in [1.807, 2.05) is 0 Å². The summed E-state index contributed by atoms with van der Waals surface area (Å²) < 4.78 is 0. The average molecular weight is 168 g/mol. The smallest absolute Gasteiger partial charge is 0.151 e. The first kappa shape index (κ1) is 8.76. The zero-order chi connectivity index (χ0) is 8.97. The minimum Gasteiger partial charge on any atom is -0.384 e. The van der Waals surface area contributed by atoms with E-state index >= 15 is 0 Å². The molecule has 1 rings (SSSR count). The van der Waals surface area contributed by atoms with Crippen molar-refractivity contribution in [3.05, 3.63) is 24.3 Å². The average Bonchev–Trinajstić information content (AvgIpc) is 2.17. The normalized spacial score (nSPS) is 15.2. The molecule has 1 aromatic rings. The molecule has 0 bridgehead atoms. The molecule has 1 heterocycles. The largest absolute Gasteiger partial charge is 0.384 e. The second-order valence-corrected chi connectivity index (χ2v) is 2.20. The van der Waals surface area contributed by atoms with Gasteiger partial charge in [-0.15, -0.1) is 0 Å². The standard InChI is InChI=1S/C7H8N2O3/c10-4-6(11)7(12)5-3-8-1-2-9-5/h1-4,6-7,11-12H/t6-,7?/m0/s1. The number of carbonyl (C=O) groups is 1. The molecule has 0 amide bonds. The minimum absolute atomic E-state index is 0.178. The van der Waals surface area contributed by atoms with Gasteiger partial charge >= 0.3 is 0 Å². The van der Waals surface area contributed by atoms with Crippen molar-refractivity contribution in [2.24, 2.45) is 0 Å². The number of aromatic nitrogens is 2. The third kappa shape index (κ3) is 1.84. The summed E-state index contributed by atoms with van der Waals surface area (Å²) in [6.45, 7) is 0. The Bertz CT molecular complexity index is 252. The van der Waals surface area contributed by atoms with E-state index in [9.17, 15) is 9.90 Å². The van der Waals surface area contributed by atoms with Gasteiger partial charge in [-0.3, -0.25) is 9.97 Å². The number of aliphatic hydroxyl groups is 2. The molecule has 0 saturated carbocycles. The molecule has 0 aromatic carbocycles. The summed E-state index contributed by atoms with van der Waals surface area (Å²) >= 11 is 0. The number of rotatable bonds is 3. The molecule has 12 heavy (non-hydrogen) atoms. The van der Waals surface area contributed by atoms with Gasteiger partial charge in [0.15, 0.2) is 6.29 Å². The topological polar surface area (TPSA) is 83.3 Å². The second-order valence-electron chi connectivity index (χ2n) is 2.20. The summed E-state index contributed by atoms with van der Waals surface area (Å²) in [6.07, 6.45) is 1.61. The molecule has 5 nitrogen and oxygen atoms in total. The first-order valence-corrected chi connectivity index (χ1v) is 3.33. The predicted octanol–water partition coefficient (Wildman–Crippen LogP) is -0.930. The quantitative estimate of drug-likeness (QED) is 0.570. The lowest BCUT2D eigenvalue weighted by atomic mass is 10.2. The Labute approximate surface area is 68.7 Å². The number of nitrogens with zero attached hydrogens (tertiary/aromatic N) is 2. The van der Waals surface area contributed by atoms with E-state index in [2.05, 4.69) is 9.97 Å². The van der Waals surface area contributed by atoms with Crippen LogP contribution in [-0.4, -0.2) is 32.6 Å². The molecule has 1 aromatic heterocycles. The van der Waals surface area contributed by atoms with Gasteiger partial charge in [0.2, 0.25) is 0 Å². The van der Waals surface area contributed by atoms with E-state index in [1.54, 1.807) is 0 Å². The molecule has 5 heteroatoms. The van der Waals surface area contributed by atoms with Crippen molar-refractivity contribution in [1.82, 2.24) is 9.97 Å². The lowest BCUT2D eigenvalue weighted by molar-refractivity contribution is -0.120. The van der Waals surface area contributed by atoms with Crippen molar-refractivity contribution < 1.29 is 15.0 Å². The molecular weight excluding hydrogens is 160 g/mol. The van der Waals surface area contributed by atoms with Crippen LogP contribution in [0.1, 0.15) is 11.8 Å². The van der Waals surface area contributed by atoms with Crippen molar-refractivity contribution in [2.45, 2.75) is 12.2 Å². The molecule has 0 aliphatic rings. The molecule has 0 saturated heterocycles. The maximum Gasteiger partial charge on any atom is 0.151 e. The maximum atomic E-state index is 10.1. The minimum atomic E-state index is -1.44. The van der Waals surface area contributed by atoms with Gasteiger partial charge in [0.1, 0.15) is 12.2 Å². The van der Waals surface area contributed by atoms with Crippen LogP contribution in [0.25, 0.3) is 0 Å². The summed E-state index contributed by atoms with van der Waals surface area (Å²) in [5, 5.41) is 18.1. The number of aldehydes is 1. The Morgan fingerprint density at radius 3 is 2.67 bits per heavy atom. The summed E-state index contributed by atoms with van der Waals surface area (Å²) in [4.78, 5) is 17.5. The van der Waals surface area contributed by atoms with Crippen molar-refractivity contribution in [3.8, 4) is 0 Å². The third-order valence-corrected chi connectivity index (χ3v) is 1.35. The summed E-state index contributed by atoms with van der Waals surface area (Å²) in [6, 6.07) is 0. The first-order chi connectivity index (χ1) is 5.75. The summed E-state index contributed by atoms with van der Waals surface area (Å²) in [5.74, 6) is 0. The van der Waals surface area contributed by atoms with E-state index in [4.69, 9.17) is 5.11 Å². The second kappa shape index (κ2) is 3.89. The Morgan fingerprint density at radius 2 is 2.17 bits per heavy atom. The van der Waals surface area contributed by atoms with Crippen LogP contribution < -0.4 is 0 Å². The predicted molar refractivity (Wildman–Crippen MR) is 39.1 cm³/mol. The van der Waals surface area contributed by atoms with Crippen LogP contribution in [0.2, 0.25) is 0 Å². The maximum absolute atomic E-state index is 10.1. The molecule has 0 radical (unpaired) electrons. The lowest BCUT2D eigenvalue weighted by Crippen LogP contribution is -2.20. The van der Waals surface area contributed by atoms with E-state index in [0.29, 0.717) is 0 Å². The molecule has 0 spiro atoms. The summed E-state index contributed by atoms with van der Waals surface area (Å²) in [7, 11) is 0. The number of carbonyl (C=O) groups excluding carboxylic acids is 1. The Kier molecular flexibility index (Phi) is 2.84. The molecule has 1 unspecified atom stereocenters. The van der Waals surface area contributed by atoms with Crippen molar-refractivity contribution in [3.63, 3.8) is 0 Å². The van der Waals surface area contributed by atoms with Gasteiger partial charge in [-0.2, -0.15) is 0 Å². The number of aliphatic hydroxyl groups excluding tert-OH is 2. The fourth-order valence-electron chi connectivity index (χ4n) is 0.713. The van der Waals surface area contributed by atoms with Crippen LogP contribution in [0.3, 0.4) is 0 Å². The highest BCUT2D eigenvalue weighted by atomic mass is 16.3. The van der Waals surface area contributed by atoms with Gasteiger partial charge in [0, 0.05) is 12.4 Å². The molecule has 0 fully saturated rings. The zero-order valence-electron chi connectivity index (χ0n) is 6.16. The number of hydrogen-bond donors (Lipinski definition) is 2. The highest BCUT2D eigenvalue weighted by molar-refractivity contribution is 5.56. The highest BCUT2D eigenvalue weighted by Gasteiger charge is 2.18. The van der Waals surface area contributed by atoms with Crippen LogP contribution in [-0.2, 0) is 4.79 Å². The van der Waals surface area contributed by atoms with Gasteiger partial charge in [-0.1, -0.05) is 0 Å². The third-order valence-electron chi connectivity index (χ3n) is 1.35. The fraction of sp³-hybridized carbons (Fsp3) is 0.286. The van der Waals surface area contributed by atoms with E-state index < -0.39 is 12.2 Å². The monoisotopic (exact) mass is 168 g/mol. The van der Waals surface area contributed by atoms with Gasteiger partial charge in [-0.05, 0) is 0 Å². The Hall–Kier alpha value is -1.33. The zero-order valence-corrected chi connectivity index (χ0v) is 6.16. The SMILES string of the molecule is O=C[C@H](O)C(O)c1cnccn1. The summed E-state index contributed by atoms with van der Waals surface area (Å²) in [5.41, 5.74) is 0.178. The van der Waals surface area contributed by atoms with Crippen molar-refractivity contribution in [2.75, 3.05) is 0 Å². The van der Waals surface area contributed by atoms with E-state index in [-0.39, 0.29) is 12.0 Å². The van der Waals surface area contributed by atoms with Crippen LogP contribution in [0.15, 0.2) is 18.6 Å². The van der Waals surface area contributed by atoms with Gasteiger partial charge in [0.25, 0.3) is 0 Å². The number of hydrogen-bond acceptors (Lipinski definition) is 5. The van der Waals surface area contributed by atoms with Crippen LogP contribution in [0, 0.1) is 0 Å². The first-order valence-electron chi connectivity index (χ1n) is 3.33. The van der Waals surface area contributed by atoms with Crippen LogP contribution >= 0.6 is 0 Å². The van der Waals surface area contributed by atoms with Crippen molar-refractivity contribution >= 4 is 6.29 Å². The molecule has 64 valence electrons. The van der Waals surface area contributed by atoms with Crippen LogP contribution in [0.5, 0.6) is 0 Å². The molecular formula is C7H8N2O3. The van der Waals surface area contributed by atoms with Crippen molar-refractivity contribution in [1.29, 1.82) is 0 Å². The highest BCUT2D eigenvalue weighted by Crippen LogP contribution is 2.10. The molecule has 2 atom stereocenters. The Balaban J connectivity index is 2.78. The van der Waals surface area contributed by atoms with E-state index in [1.165, 1.54) is 18.6 Å². The van der Waals surface area contributed by atoms with Gasteiger partial charge in [-0.25, -0.2) is 0 Å². The van der Waals surface area contributed by atoms with E-state index in [0.717, 1.165) is 0 Å². The Morgan fingerprint density at radius 1 is 1.42 bits per heavy atom. The fourth-order valence-corrected chi connectivity index (χ4v) is 0.713.